The highest BCUT2D eigenvalue weighted by Crippen LogP contribution is 2.39. The molecular formula is C23H24N5O2P. The molecule has 158 valence electrons. The summed E-state index contributed by atoms with van der Waals surface area (Å²) in [5.74, 6) is 0.829. The Bertz CT molecular complexity index is 1270. The van der Waals surface area contributed by atoms with Crippen LogP contribution in [0, 0.1) is 0 Å². The van der Waals surface area contributed by atoms with E-state index in [0.717, 1.165) is 27.6 Å². The van der Waals surface area contributed by atoms with Gasteiger partial charge in [-0.05, 0) is 36.2 Å². The summed E-state index contributed by atoms with van der Waals surface area (Å²) in [4.78, 5) is 22.9. The fourth-order valence-corrected chi connectivity index (χ4v) is 4.30. The van der Waals surface area contributed by atoms with Crippen LogP contribution in [0.3, 0.4) is 0 Å². The fourth-order valence-electron chi connectivity index (χ4n) is 3.42. The summed E-state index contributed by atoms with van der Waals surface area (Å²) in [7, 11) is -3.11. The van der Waals surface area contributed by atoms with Crippen molar-refractivity contribution in [1.82, 2.24) is 15.0 Å². The number of benzene rings is 2. The number of nitrogens with one attached hydrogen (secondary N) is 1. The maximum Gasteiger partial charge on any atom is 0.201 e. The summed E-state index contributed by atoms with van der Waals surface area (Å²) < 4.78 is 11.6. The van der Waals surface area contributed by atoms with Crippen molar-refractivity contribution in [3.63, 3.8) is 0 Å². The Kier molecular flexibility index (Phi) is 5.72. The molecular weight excluding hydrogens is 409 g/mol. The monoisotopic (exact) mass is 433 g/mol. The molecule has 2 unspecified atom stereocenters. The van der Waals surface area contributed by atoms with E-state index >= 15 is 0 Å². The van der Waals surface area contributed by atoms with Crippen molar-refractivity contribution in [2.75, 3.05) is 17.7 Å². The Hall–Kier alpha value is -3.28. The van der Waals surface area contributed by atoms with Crippen molar-refractivity contribution in [3.05, 3.63) is 78.1 Å². The Labute approximate surface area is 180 Å². The molecule has 0 spiro atoms. The van der Waals surface area contributed by atoms with Crippen LogP contribution in [0.25, 0.3) is 22.2 Å². The molecule has 0 saturated carbocycles. The minimum atomic E-state index is -3.11. The van der Waals surface area contributed by atoms with E-state index in [1.807, 2.05) is 55.5 Å². The molecule has 0 aliphatic rings. The topological polar surface area (TPSA) is 114 Å². The quantitative estimate of drug-likeness (QED) is 0.373. The first-order valence-electron chi connectivity index (χ1n) is 9.91. The first-order valence-corrected chi connectivity index (χ1v) is 12.2. The Morgan fingerprint density at radius 3 is 2.65 bits per heavy atom. The van der Waals surface area contributed by atoms with Crippen molar-refractivity contribution in [2.24, 2.45) is 0 Å². The minimum absolute atomic E-state index is 0.0397. The zero-order valence-electron chi connectivity index (χ0n) is 17.4. The molecule has 8 heteroatoms. The number of fused-ring (bicyclic) bond motifs is 1. The lowest BCUT2D eigenvalue weighted by Crippen LogP contribution is -2.11. The first-order chi connectivity index (χ1) is 14.8. The molecule has 0 aliphatic carbocycles. The van der Waals surface area contributed by atoms with Crippen molar-refractivity contribution in [2.45, 2.75) is 19.1 Å². The van der Waals surface area contributed by atoms with Crippen molar-refractivity contribution < 1.29 is 9.46 Å². The maximum atomic E-state index is 11.6. The lowest BCUT2D eigenvalue weighted by molar-refractivity contribution is 0.484. The van der Waals surface area contributed by atoms with Gasteiger partial charge in [0.1, 0.15) is 0 Å². The Morgan fingerprint density at radius 1 is 1.13 bits per heavy atom. The number of rotatable bonds is 6. The molecule has 0 aliphatic heterocycles. The van der Waals surface area contributed by atoms with Crippen LogP contribution in [0.4, 0.5) is 11.6 Å². The smallest absolute Gasteiger partial charge is 0.201 e. The lowest BCUT2D eigenvalue weighted by atomic mass is 10.1. The molecule has 2 heterocycles. The molecule has 7 nitrogen and oxygen atoms in total. The van der Waals surface area contributed by atoms with Gasteiger partial charge in [0, 0.05) is 30.0 Å². The normalized spacial score (nSPS) is 14.2. The van der Waals surface area contributed by atoms with Gasteiger partial charge in [-0.2, -0.15) is 0 Å². The minimum Gasteiger partial charge on any atom is -0.381 e. The van der Waals surface area contributed by atoms with E-state index in [-0.39, 0.29) is 12.2 Å². The van der Waals surface area contributed by atoms with Crippen LogP contribution in [0.15, 0.2) is 67.0 Å². The van der Waals surface area contributed by atoms with Crippen molar-refractivity contribution >= 4 is 29.9 Å². The molecule has 4 aromatic rings. The van der Waals surface area contributed by atoms with E-state index in [9.17, 15) is 9.46 Å². The average Bonchev–Trinajstić information content (AvgIpc) is 2.74. The number of hydrogen-bond donors (Lipinski definition) is 3. The maximum absolute atomic E-state index is 11.6. The summed E-state index contributed by atoms with van der Waals surface area (Å²) in [6.45, 7) is 3.40. The Balaban J connectivity index is 1.56. The number of anilines is 2. The second-order valence-electron chi connectivity index (χ2n) is 7.72. The summed E-state index contributed by atoms with van der Waals surface area (Å²) in [5.41, 5.74) is 10.4. The average molecular weight is 433 g/mol. The van der Waals surface area contributed by atoms with Crippen molar-refractivity contribution in [3.8, 4) is 11.3 Å². The highest BCUT2D eigenvalue weighted by Gasteiger charge is 2.13. The third-order valence-electron chi connectivity index (χ3n) is 5.01. The molecule has 0 saturated heterocycles. The summed E-state index contributed by atoms with van der Waals surface area (Å²) in [5, 5.41) is 4.43. The van der Waals surface area contributed by atoms with Crippen LogP contribution in [-0.2, 0) is 10.7 Å². The van der Waals surface area contributed by atoms with Crippen LogP contribution in [0.2, 0.25) is 0 Å². The van der Waals surface area contributed by atoms with Gasteiger partial charge in [-0.3, -0.25) is 9.55 Å². The lowest BCUT2D eigenvalue weighted by Gasteiger charge is -2.17. The zero-order valence-corrected chi connectivity index (χ0v) is 18.3. The third kappa shape index (κ3) is 5.08. The van der Waals surface area contributed by atoms with Crippen LogP contribution >= 0.6 is 7.37 Å². The molecule has 2 atom stereocenters. The van der Waals surface area contributed by atoms with Gasteiger partial charge in [-0.25, -0.2) is 9.97 Å². The molecule has 0 fully saturated rings. The van der Waals surface area contributed by atoms with E-state index < -0.39 is 7.37 Å². The second kappa shape index (κ2) is 8.46. The van der Waals surface area contributed by atoms with Gasteiger partial charge in [0.2, 0.25) is 7.37 Å². The van der Waals surface area contributed by atoms with Gasteiger partial charge in [0.05, 0.1) is 23.4 Å². The highest BCUT2D eigenvalue weighted by molar-refractivity contribution is 7.56. The van der Waals surface area contributed by atoms with Crippen LogP contribution in [0.5, 0.6) is 0 Å². The van der Waals surface area contributed by atoms with E-state index in [1.54, 1.807) is 12.4 Å². The van der Waals surface area contributed by atoms with Crippen LogP contribution < -0.4 is 11.1 Å². The van der Waals surface area contributed by atoms with Gasteiger partial charge < -0.3 is 15.9 Å². The summed E-state index contributed by atoms with van der Waals surface area (Å²) in [6.07, 6.45) is 3.55. The predicted octanol–water partition coefficient (Wildman–Crippen LogP) is 4.85. The second-order valence-corrected chi connectivity index (χ2v) is 10.1. The standard InChI is InChI=1S/C23H24N5O2P/c1-15(18-9-10-20-19(12-18)4-3-11-25-20)27-23-22(24)26-13-21(28-23)17-7-5-16(6-8-17)14-31(2,29)30/h3-13,15H,14H2,1-2H3,(H2,24,26)(H,27,28)(H,29,30). The number of pyridine rings is 1. The van der Waals surface area contributed by atoms with Gasteiger partial charge in [-0.1, -0.05) is 36.4 Å². The number of nitrogens with two attached hydrogens (primary N) is 1. The first kappa shape index (κ1) is 21.0. The molecule has 4 N–H and O–H groups in total. The molecule has 31 heavy (non-hydrogen) atoms. The van der Waals surface area contributed by atoms with Crippen LogP contribution in [-0.4, -0.2) is 26.5 Å². The third-order valence-corrected chi connectivity index (χ3v) is 5.96. The fraction of sp³-hybridized carbons (Fsp3) is 0.174. The van der Waals surface area contributed by atoms with E-state index in [1.165, 1.54) is 6.66 Å². The molecule has 2 aromatic carbocycles. The zero-order chi connectivity index (χ0) is 22.0. The number of nitrogens with zero attached hydrogens (tertiary/aromatic N) is 3. The molecule has 0 radical (unpaired) electrons. The number of aromatic nitrogens is 3. The highest BCUT2D eigenvalue weighted by atomic mass is 31.2. The van der Waals surface area contributed by atoms with Gasteiger partial charge in [0.25, 0.3) is 0 Å². The van der Waals surface area contributed by atoms with Gasteiger partial charge in [-0.15, -0.1) is 0 Å². The number of nitrogen functional groups attached to an aromatic ring is 1. The molecule has 0 bridgehead atoms. The largest absolute Gasteiger partial charge is 0.381 e. The van der Waals surface area contributed by atoms with Crippen molar-refractivity contribution in [1.29, 1.82) is 0 Å². The van der Waals surface area contributed by atoms with Gasteiger partial charge >= 0.3 is 0 Å². The molecule has 2 aromatic heterocycles. The molecule has 0 amide bonds. The molecule has 4 rings (SSSR count). The predicted molar refractivity (Wildman–Crippen MR) is 125 cm³/mol. The van der Waals surface area contributed by atoms with E-state index in [0.29, 0.717) is 17.3 Å². The van der Waals surface area contributed by atoms with Gasteiger partial charge in [0.15, 0.2) is 11.6 Å². The summed E-state index contributed by atoms with van der Waals surface area (Å²) in [6, 6.07) is 17.4. The number of hydrogen-bond acceptors (Lipinski definition) is 6. The van der Waals surface area contributed by atoms with E-state index in [4.69, 9.17) is 5.73 Å². The Morgan fingerprint density at radius 2 is 1.90 bits per heavy atom. The summed E-state index contributed by atoms with van der Waals surface area (Å²) >= 11 is 0. The SMILES string of the molecule is CC(Nc1nc(-c2ccc(CP(C)(=O)O)cc2)cnc1N)c1ccc2ncccc2c1. The van der Waals surface area contributed by atoms with E-state index in [2.05, 4.69) is 26.3 Å². The van der Waals surface area contributed by atoms with Crippen LogP contribution in [0.1, 0.15) is 24.1 Å².